The Morgan fingerprint density at radius 2 is 2.11 bits per heavy atom. The van der Waals surface area contributed by atoms with Crippen molar-refractivity contribution in [2.75, 3.05) is 0 Å². The first-order valence-corrected chi connectivity index (χ1v) is 6.14. The molecule has 1 N–H and O–H groups in total. The number of hydrogen-bond donors (Lipinski definition) is 1. The van der Waals surface area contributed by atoms with E-state index in [9.17, 15) is 9.59 Å². The van der Waals surface area contributed by atoms with Gasteiger partial charge in [0.1, 0.15) is 11.6 Å². The maximum atomic E-state index is 11.7. The Labute approximate surface area is 112 Å². The molecule has 1 atom stereocenters. The Kier molecular flexibility index (Phi) is 5.02. The summed E-state index contributed by atoms with van der Waals surface area (Å²) in [7, 11) is 0. The molecule has 0 aromatic carbocycles. The van der Waals surface area contributed by atoms with Crippen LogP contribution in [0.25, 0.3) is 0 Å². The molecule has 0 aliphatic rings. The summed E-state index contributed by atoms with van der Waals surface area (Å²) in [5.41, 5.74) is -0.559. The zero-order chi connectivity index (χ0) is 14.5. The van der Waals surface area contributed by atoms with Crippen molar-refractivity contribution in [1.82, 2.24) is 20.3 Å². The second kappa shape index (κ2) is 6.31. The van der Waals surface area contributed by atoms with E-state index in [0.29, 0.717) is 6.54 Å². The summed E-state index contributed by atoms with van der Waals surface area (Å²) in [6, 6.07) is -0.664. The van der Waals surface area contributed by atoms with Crippen LogP contribution in [0.1, 0.15) is 34.1 Å². The van der Waals surface area contributed by atoms with Gasteiger partial charge in [0.05, 0.1) is 12.7 Å². The number of nitrogens with one attached hydrogen (secondary N) is 1. The summed E-state index contributed by atoms with van der Waals surface area (Å²) < 4.78 is 6.72. The van der Waals surface area contributed by atoms with E-state index >= 15 is 0 Å². The highest BCUT2D eigenvalue weighted by atomic mass is 16.6. The molecule has 0 aliphatic heterocycles. The largest absolute Gasteiger partial charge is 0.458 e. The molecule has 1 heterocycles. The van der Waals surface area contributed by atoms with E-state index in [2.05, 4.69) is 15.6 Å². The molecule has 106 valence electrons. The van der Waals surface area contributed by atoms with E-state index in [-0.39, 0.29) is 12.3 Å². The molecule has 0 unspecified atom stereocenters. The van der Waals surface area contributed by atoms with Crippen LogP contribution in [0.3, 0.4) is 0 Å². The minimum atomic E-state index is -0.664. The molecule has 0 saturated heterocycles. The molecule has 7 nitrogen and oxygen atoms in total. The number of ether oxygens (including phenoxy) is 1. The molecule has 0 spiro atoms. The fourth-order valence-corrected chi connectivity index (χ4v) is 1.33. The Morgan fingerprint density at radius 3 is 2.63 bits per heavy atom. The van der Waals surface area contributed by atoms with Crippen molar-refractivity contribution < 1.29 is 14.3 Å². The van der Waals surface area contributed by atoms with Crippen LogP contribution in [0.2, 0.25) is 0 Å². The van der Waals surface area contributed by atoms with E-state index < -0.39 is 17.6 Å². The number of aryl methyl sites for hydroxylation is 1. The van der Waals surface area contributed by atoms with Gasteiger partial charge in [0.2, 0.25) is 5.91 Å². The fraction of sp³-hybridized carbons (Fsp3) is 0.667. The summed E-state index contributed by atoms with van der Waals surface area (Å²) in [6.07, 6.45) is 3.45. The van der Waals surface area contributed by atoms with Crippen LogP contribution in [0.5, 0.6) is 0 Å². The van der Waals surface area contributed by atoms with Gasteiger partial charge in [-0.25, -0.2) is 4.79 Å². The summed E-state index contributed by atoms with van der Waals surface area (Å²) in [4.78, 5) is 23.3. The minimum Gasteiger partial charge on any atom is -0.458 e. The molecule has 0 fully saturated rings. The van der Waals surface area contributed by atoms with Crippen molar-refractivity contribution in [1.29, 1.82) is 0 Å². The standard InChI is InChI=1S/C12H20N4O3/c1-9(11(18)19-12(2,3)4)14-10(17)5-7-16-8-6-13-15-16/h6,8-9H,5,7H2,1-4H3,(H,14,17)/t9-/m0/s1. The van der Waals surface area contributed by atoms with Gasteiger partial charge in [0.25, 0.3) is 0 Å². The lowest BCUT2D eigenvalue weighted by molar-refractivity contribution is -0.158. The molecular weight excluding hydrogens is 248 g/mol. The van der Waals surface area contributed by atoms with Crippen molar-refractivity contribution in [2.45, 2.75) is 52.3 Å². The van der Waals surface area contributed by atoms with Crippen molar-refractivity contribution in [3.05, 3.63) is 12.4 Å². The molecule has 1 rings (SSSR count). The van der Waals surface area contributed by atoms with Gasteiger partial charge >= 0.3 is 5.97 Å². The molecule has 0 saturated carbocycles. The first-order valence-electron chi connectivity index (χ1n) is 6.14. The highest BCUT2D eigenvalue weighted by molar-refractivity contribution is 5.84. The topological polar surface area (TPSA) is 86.1 Å². The van der Waals surface area contributed by atoms with E-state index in [1.807, 2.05) is 0 Å². The predicted molar refractivity (Wildman–Crippen MR) is 68.1 cm³/mol. The Morgan fingerprint density at radius 1 is 1.42 bits per heavy atom. The molecule has 0 bridgehead atoms. The Hall–Kier alpha value is -1.92. The number of nitrogens with zero attached hydrogens (tertiary/aromatic N) is 3. The second-order valence-electron chi connectivity index (χ2n) is 5.24. The number of carbonyl (C=O) groups is 2. The number of esters is 1. The third kappa shape index (κ3) is 5.98. The van der Waals surface area contributed by atoms with Gasteiger partial charge in [-0.3, -0.25) is 9.48 Å². The van der Waals surface area contributed by atoms with Crippen LogP contribution in [-0.4, -0.2) is 38.5 Å². The van der Waals surface area contributed by atoms with Gasteiger partial charge in [-0.1, -0.05) is 5.21 Å². The summed E-state index contributed by atoms with van der Waals surface area (Å²) in [5.74, 6) is -0.671. The third-order valence-corrected chi connectivity index (χ3v) is 2.18. The molecule has 0 aliphatic carbocycles. The maximum absolute atomic E-state index is 11.7. The van der Waals surface area contributed by atoms with Gasteiger partial charge in [0.15, 0.2) is 0 Å². The third-order valence-electron chi connectivity index (χ3n) is 2.18. The van der Waals surface area contributed by atoms with Gasteiger partial charge in [-0.15, -0.1) is 5.10 Å². The first kappa shape index (κ1) is 15.1. The molecule has 19 heavy (non-hydrogen) atoms. The summed E-state index contributed by atoms with van der Waals surface area (Å²) in [5, 5.41) is 9.97. The molecule has 1 amide bonds. The van der Waals surface area contributed by atoms with E-state index in [4.69, 9.17) is 4.74 Å². The van der Waals surface area contributed by atoms with Crippen LogP contribution in [0, 0.1) is 0 Å². The van der Waals surface area contributed by atoms with Crippen LogP contribution < -0.4 is 5.32 Å². The second-order valence-corrected chi connectivity index (χ2v) is 5.24. The van der Waals surface area contributed by atoms with Crippen molar-refractivity contribution >= 4 is 11.9 Å². The van der Waals surface area contributed by atoms with Crippen LogP contribution in [0.15, 0.2) is 12.4 Å². The summed E-state index contributed by atoms with van der Waals surface area (Å²) in [6.45, 7) is 7.37. The molecule has 1 aromatic heterocycles. The number of carbonyl (C=O) groups excluding carboxylic acids is 2. The average Bonchev–Trinajstić information content (AvgIpc) is 2.76. The van der Waals surface area contributed by atoms with Crippen LogP contribution in [-0.2, 0) is 20.9 Å². The van der Waals surface area contributed by atoms with Crippen LogP contribution >= 0.6 is 0 Å². The van der Waals surface area contributed by atoms with Crippen molar-refractivity contribution in [3.8, 4) is 0 Å². The van der Waals surface area contributed by atoms with E-state index in [0.717, 1.165) is 0 Å². The van der Waals surface area contributed by atoms with E-state index in [1.54, 1.807) is 44.8 Å². The average molecular weight is 268 g/mol. The van der Waals surface area contributed by atoms with Gasteiger partial charge in [-0.05, 0) is 27.7 Å². The zero-order valence-corrected chi connectivity index (χ0v) is 11.7. The lowest BCUT2D eigenvalue weighted by Gasteiger charge is -2.22. The molecule has 0 radical (unpaired) electrons. The number of aromatic nitrogens is 3. The molecule has 7 heteroatoms. The van der Waals surface area contributed by atoms with Crippen molar-refractivity contribution in [2.24, 2.45) is 0 Å². The number of hydrogen-bond acceptors (Lipinski definition) is 5. The maximum Gasteiger partial charge on any atom is 0.328 e. The van der Waals surface area contributed by atoms with Gasteiger partial charge < -0.3 is 10.1 Å². The quantitative estimate of drug-likeness (QED) is 0.786. The summed E-state index contributed by atoms with van der Waals surface area (Å²) >= 11 is 0. The SMILES string of the molecule is C[C@H](NC(=O)CCn1ccnn1)C(=O)OC(C)(C)C. The lowest BCUT2D eigenvalue weighted by Crippen LogP contribution is -2.42. The van der Waals surface area contributed by atoms with Gasteiger partial charge in [-0.2, -0.15) is 0 Å². The Bertz CT molecular complexity index is 423. The monoisotopic (exact) mass is 268 g/mol. The van der Waals surface area contributed by atoms with E-state index in [1.165, 1.54) is 0 Å². The first-order chi connectivity index (χ1) is 8.78. The fourth-order valence-electron chi connectivity index (χ4n) is 1.33. The zero-order valence-electron chi connectivity index (χ0n) is 11.7. The van der Waals surface area contributed by atoms with Gasteiger partial charge in [0, 0.05) is 12.6 Å². The molecular formula is C12H20N4O3. The predicted octanol–water partition coefficient (Wildman–Crippen LogP) is 0.515. The highest BCUT2D eigenvalue weighted by Crippen LogP contribution is 2.08. The normalized spacial score (nSPS) is 12.8. The highest BCUT2D eigenvalue weighted by Gasteiger charge is 2.22. The Balaban J connectivity index is 2.33. The minimum absolute atomic E-state index is 0.228. The van der Waals surface area contributed by atoms with Crippen LogP contribution in [0.4, 0.5) is 0 Å². The smallest absolute Gasteiger partial charge is 0.328 e. The van der Waals surface area contributed by atoms with Crippen molar-refractivity contribution in [3.63, 3.8) is 0 Å². The molecule has 1 aromatic rings. The number of amides is 1. The number of rotatable bonds is 5. The lowest BCUT2D eigenvalue weighted by atomic mass is 10.2.